The summed E-state index contributed by atoms with van der Waals surface area (Å²) in [7, 11) is 0. The number of hydrogen-bond donors (Lipinski definition) is 1. The lowest BCUT2D eigenvalue weighted by molar-refractivity contribution is 0.593. The van der Waals surface area contributed by atoms with Crippen molar-refractivity contribution in [1.82, 2.24) is 5.32 Å². The third-order valence-electron chi connectivity index (χ3n) is 2.59. The molecule has 1 nitrogen and oxygen atoms in total. The molecule has 1 aromatic carbocycles. The minimum atomic E-state index is -0.513. The molecule has 0 atom stereocenters. The third-order valence-corrected chi connectivity index (χ3v) is 3.91. The van der Waals surface area contributed by atoms with Gasteiger partial charge in [0.1, 0.15) is 11.6 Å². The highest BCUT2D eigenvalue weighted by Gasteiger charge is 2.12. The van der Waals surface area contributed by atoms with E-state index in [4.69, 9.17) is 0 Å². The van der Waals surface area contributed by atoms with E-state index in [1.165, 1.54) is 17.4 Å². The zero-order chi connectivity index (χ0) is 11.7. The van der Waals surface area contributed by atoms with Gasteiger partial charge in [-0.15, -0.1) is 11.3 Å². The van der Waals surface area contributed by atoms with E-state index in [9.17, 15) is 8.78 Å². The first-order valence-electron chi connectivity index (χ1n) is 5.21. The molecule has 0 aliphatic heterocycles. The lowest BCUT2D eigenvalue weighted by Gasteiger charge is -1.99. The molecule has 0 amide bonds. The Labute approximate surface area is 97.1 Å². The molecule has 2 aromatic rings. The quantitative estimate of drug-likeness (QED) is 0.865. The van der Waals surface area contributed by atoms with E-state index in [2.05, 4.69) is 5.32 Å². The number of fused-ring (bicyclic) bond motifs is 1. The topological polar surface area (TPSA) is 12.0 Å². The Morgan fingerprint density at radius 3 is 2.75 bits per heavy atom. The molecule has 0 aliphatic rings. The highest BCUT2D eigenvalue weighted by molar-refractivity contribution is 7.19. The fraction of sp³-hybridized carbons (Fsp3) is 0.333. The molecule has 0 saturated carbocycles. The molecular formula is C12H13F2NS. The van der Waals surface area contributed by atoms with E-state index in [1.807, 2.05) is 13.8 Å². The van der Waals surface area contributed by atoms with Gasteiger partial charge in [-0.2, -0.15) is 0 Å². The van der Waals surface area contributed by atoms with Crippen molar-refractivity contribution in [3.63, 3.8) is 0 Å². The van der Waals surface area contributed by atoms with Gasteiger partial charge >= 0.3 is 0 Å². The van der Waals surface area contributed by atoms with Crippen LogP contribution >= 0.6 is 11.3 Å². The first-order valence-corrected chi connectivity index (χ1v) is 6.03. The maximum Gasteiger partial charge on any atom is 0.143 e. The average Bonchev–Trinajstić information content (AvgIpc) is 2.54. The van der Waals surface area contributed by atoms with Crippen molar-refractivity contribution in [2.24, 2.45) is 0 Å². The van der Waals surface area contributed by atoms with Crippen LogP contribution in [-0.4, -0.2) is 6.54 Å². The van der Waals surface area contributed by atoms with Crippen LogP contribution in [0.5, 0.6) is 0 Å². The third kappa shape index (κ3) is 1.95. The van der Waals surface area contributed by atoms with Crippen molar-refractivity contribution < 1.29 is 8.78 Å². The Bertz CT molecular complexity index is 519. The predicted molar refractivity (Wildman–Crippen MR) is 63.9 cm³/mol. The zero-order valence-electron chi connectivity index (χ0n) is 9.23. The van der Waals surface area contributed by atoms with Gasteiger partial charge < -0.3 is 5.32 Å². The molecular weight excluding hydrogens is 228 g/mol. The van der Waals surface area contributed by atoms with Crippen molar-refractivity contribution in [1.29, 1.82) is 0 Å². The van der Waals surface area contributed by atoms with Gasteiger partial charge in [-0.05, 0) is 25.1 Å². The van der Waals surface area contributed by atoms with Gasteiger partial charge in [0.25, 0.3) is 0 Å². The lowest BCUT2D eigenvalue weighted by atomic mass is 10.1. The largest absolute Gasteiger partial charge is 0.312 e. The summed E-state index contributed by atoms with van der Waals surface area (Å²) in [5, 5.41) is 3.88. The van der Waals surface area contributed by atoms with Crippen LogP contribution in [0.25, 0.3) is 10.1 Å². The minimum Gasteiger partial charge on any atom is -0.312 e. The fourth-order valence-corrected chi connectivity index (χ4v) is 2.86. The Hall–Kier alpha value is -1.00. The van der Waals surface area contributed by atoms with E-state index in [0.29, 0.717) is 16.6 Å². The van der Waals surface area contributed by atoms with Gasteiger partial charge in [0, 0.05) is 22.9 Å². The van der Waals surface area contributed by atoms with E-state index >= 15 is 0 Å². The average molecular weight is 241 g/mol. The molecule has 16 heavy (non-hydrogen) atoms. The molecule has 0 spiro atoms. The number of thiophene rings is 1. The Kier molecular flexibility index (Phi) is 3.21. The van der Waals surface area contributed by atoms with Crippen LogP contribution < -0.4 is 5.32 Å². The number of aryl methyl sites for hydroxylation is 1. The second kappa shape index (κ2) is 4.47. The zero-order valence-corrected chi connectivity index (χ0v) is 10.0. The lowest BCUT2D eigenvalue weighted by Crippen LogP contribution is -2.11. The van der Waals surface area contributed by atoms with Gasteiger partial charge in [0.15, 0.2) is 0 Å². The van der Waals surface area contributed by atoms with Gasteiger partial charge in [-0.3, -0.25) is 0 Å². The van der Waals surface area contributed by atoms with Gasteiger partial charge in [0.2, 0.25) is 0 Å². The minimum absolute atomic E-state index is 0.467. The summed E-state index contributed by atoms with van der Waals surface area (Å²) in [5.74, 6) is -0.980. The molecule has 0 bridgehead atoms. The SMILES string of the molecule is CCNCc1sc2c(F)cc(F)cc2c1C. The van der Waals surface area contributed by atoms with E-state index in [0.717, 1.165) is 23.1 Å². The van der Waals surface area contributed by atoms with Crippen molar-refractivity contribution in [3.05, 3.63) is 34.2 Å². The van der Waals surface area contributed by atoms with Crippen molar-refractivity contribution in [2.75, 3.05) is 6.54 Å². The molecule has 1 N–H and O–H groups in total. The second-order valence-corrected chi connectivity index (χ2v) is 4.80. The molecule has 0 unspecified atom stereocenters. The van der Waals surface area contributed by atoms with Crippen molar-refractivity contribution in [2.45, 2.75) is 20.4 Å². The Balaban J connectivity index is 2.54. The summed E-state index contributed by atoms with van der Waals surface area (Å²) in [6.07, 6.45) is 0. The highest BCUT2D eigenvalue weighted by atomic mass is 32.1. The molecule has 0 saturated heterocycles. The number of rotatable bonds is 3. The summed E-state index contributed by atoms with van der Waals surface area (Å²) in [5.41, 5.74) is 0.972. The van der Waals surface area contributed by atoms with Gasteiger partial charge in [0.05, 0.1) is 4.70 Å². The standard InChI is InChI=1S/C12H13F2NS/c1-3-15-6-11-7(2)9-4-8(13)5-10(14)12(9)16-11/h4-5,15H,3,6H2,1-2H3. The summed E-state index contributed by atoms with van der Waals surface area (Å²) in [6.45, 7) is 5.50. The van der Waals surface area contributed by atoms with Crippen LogP contribution in [0.2, 0.25) is 0 Å². The summed E-state index contributed by atoms with van der Waals surface area (Å²) >= 11 is 1.39. The maximum absolute atomic E-state index is 13.5. The van der Waals surface area contributed by atoms with Crippen LogP contribution in [0.4, 0.5) is 8.78 Å². The number of benzene rings is 1. The molecule has 1 heterocycles. The fourth-order valence-electron chi connectivity index (χ4n) is 1.70. The molecule has 86 valence electrons. The van der Waals surface area contributed by atoms with Crippen LogP contribution in [0, 0.1) is 18.6 Å². The van der Waals surface area contributed by atoms with Gasteiger partial charge in [-0.1, -0.05) is 6.92 Å². The molecule has 0 radical (unpaired) electrons. The smallest absolute Gasteiger partial charge is 0.143 e. The van der Waals surface area contributed by atoms with E-state index in [-0.39, 0.29) is 0 Å². The highest BCUT2D eigenvalue weighted by Crippen LogP contribution is 2.33. The Morgan fingerprint density at radius 2 is 2.06 bits per heavy atom. The normalized spacial score (nSPS) is 11.2. The molecule has 0 aliphatic carbocycles. The Morgan fingerprint density at radius 1 is 1.31 bits per heavy atom. The molecule has 0 fully saturated rings. The molecule has 4 heteroatoms. The first kappa shape index (κ1) is 11.5. The van der Waals surface area contributed by atoms with Crippen LogP contribution in [0.1, 0.15) is 17.4 Å². The van der Waals surface area contributed by atoms with E-state index in [1.54, 1.807) is 0 Å². The number of halogens is 2. The maximum atomic E-state index is 13.5. The van der Waals surface area contributed by atoms with Gasteiger partial charge in [-0.25, -0.2) is 8.78 Å². The predicted octanol–water partition coefficient (Wildman–Crippen LogP) is 3.60. The second-order valence-electron chi connectivity index (χ2n) is 3.69. The van der Waals surface area contributed by atoms with Crippen molar-refractivity contribution in [3.8, 4) is 0 Å². The van der Waals surface area contributed by atoms with Crippen LogP contribution in [0.15, 0.2) is 12.1 Å². The molecule has 1 aromatic heterocycles. The summed E-state index contributed by atoms with van der Waals surface area (Å²) in [6, 6.07) is 2.34. The van der Waals surface area contributed by atoms with Crippen LogP contribution in [0.3, 0.4) is 0 Å². The van der Waals surface area contributed by atoms with E-state index < -0.39 is 11.6 Å². The monoisotopic (exact) mass is 241 g/mol. The first-order chi connectivity index (χ1) is 7.63. The van der Waals surface area contributed by atoms with Crippen molar-refractivity contribution >= 4 is 21.4 Å². The summed E-state index contributed by atoms with van der Waals surface area (Å²) < 4.78 is 27.1. The molecule has 2 rings (SSSR count). The van der Waals surface area contributed by atoms with Crippen LogP contribution in [-0.2, 0) is 6.54 Å². The number of nitrogens with one attached hydrogen (secondary N) is 1. The summed E-state index contributed by atoms with van der Waals surface area (Å²) in [4.78, 5) is 1.07. The number of hydrogen-bond acceptors (Lipinski definition) is 2.